The zero-order valence-corrected chi connectivity index (χ0v) is 15.4. The quantitative estimate of drug-likeness (QED) is 0.852. The van der Waals surface area contributed by atoms with E-state index in [9.17, 15) is 9.59 Å². The second-order valence-corrected chi connectivity index (χ2v) is 8.06. The maximum Gasteiger partial charge on any atom is 0.319 e. The second kappa shape index (κ2) is 7.68. The molecule has 0 unspecified atom stereocenters. The van der Waals surface area contributed by atoms with E-state index in [0.717, 1.165) is 43.5 Å². The van der Waals surface area contributed by atoms with Crippen molar-refractivity contribution in [3.8, 4) is 0 Å². The number of urea groups is 1. The number of carbonyl (C=O) groups excluding carboxylic acids is 2. The van der Waals surface area contributed by atoms with E-state index in [4.69, 9.17) is 0 Å². The van der Waals surface area contributed by atoms with Crippen LogP contribution < -0.4 is 10.6 Å². The standard InChI is InChI=1S/C21H29N3O2/c25-20(24-14-4-7-19(24)15-5-2-1-3-6-15)16-8-10-17(11-9-16)22-21(26)23-18-12-13-18/h8-11,15,18-19H,1-7,12-14H2,(H2,22,23,26)/t19-/m0/s1. The summed E-state index contributed by atoms with van der Waals surface area (Å²) in [5, 5.41) is 5.74. The van der Waals surface area contributed by atoms with Crippen LogP contribution in [-0.2, 0) is 0 Å². The van der Waals surface area contributed by atoms with E-state index in [-0.39, 0.29) is 11.9 Å². The van der Waals surface area contributed by atoms with Crippen LogP contribution in [0.3, 0.4) is 0 Å². The van der Waals surface area contributed by atoms with Crippen molar-refractivity contribution in [1.82, 2.24) is 10.2 Å². The summed E-state index contributed by atoms with van der Waals surface area (Å²) in [6, 6.07) is 7.92. The lowest BCUT2D eigenvalue weighted by atomic mass is 9.83. The number of benzene rings is 1. The predicted octanol–water partition coefficient (Wildman–Crippen LogP) is 4.16. The summed E-state index contributed by atoms with van der Waals surface area (Å²) < 4.78 is 0. The number of anilines is 1. The van der Waals surface area contributed by atoms with E-state index < -0.39 is 0 Å². The SMILES string of the molecule is O=C(Nc1ccc(C(=O)N2CCC[C@H]2C2CCCCC2)cc1)NC1CC1. The molecule has 2 N–H and O–H groups in total. The third-order valence-electron chi connectivity index (χ3n) is 6.06. The molecule has 1 aromatic carbocycles. The Morgan fingerprint density at radius 2 is 1.62 bits per heavy atom. The first-order chi connectivity index (χ1) is 12.7. The lowest BCUT2D eigenvalue weighted by molar-refractivity contribution is 0.0661. The van der Waals surface area contributed by atoms with E-state index in [0.29, 0.717) is 18.0 Å². The van der Waals surface area contributed by atoms with Crippen LogP contribution >= 0.6 is 0 Å². The van der Waals surface area contributed by atoms with Crippen molar-refractivity contribution in [2.24, 2.45) is 5.92 Å². The first-order valence-corrected chi connectivity index (χ1v) is 10.2. The zero-order valence-electron chi connectivity index (χ0n) is 15.4. The molecule has 0 spiro atoms. The van der Waals surface area contributed by atoms with Crippen LogP contribution in [0.4, 0.5) is 10.5 Å². The maximum absolute atomic E-state index is 13.0. The van der Waals surface area contributed by atoms with Crippen LogP contribution in [0, 0.1) is 5.92 Å². The largest absolute Gasteiger partial charge is 0.335 e. The third kappa shape index (κ3) is 4.02. The number of carbonyl (C=O) groups is 2. The summed E-state index contributed by atoms with van der Waals surface area (Å²) >= 11 is 0. The molecule has 26 heavy (non-hydrogen) atoms. The van der Waals surface area contributed by atoms with Crippen molar-refractivity contribution in [2.45, 2.75) is 69.9 Å². The first kappa shape index (κ1) is 17.4. The molecule has 1 heterocycles. The number of rotatable bonds is 4. The van der Waals surface area contributed by atoms with Crippen LogP contribution in [0.5, 0.6) is 0 Å². The minimum Gasteiger partial charge on any atom is -0.335 e. The molecule has 3 aliphatic rings. The average Bonchev–Trinajstić information content (AvgIpc) is 3.34. The Morgan fingerprint density at radius 3 is 2.31 bits per heavy atom. The Bertz CT molecular complexity index is 648. The van der Waals surface area contributed by atoms with Crippen LogP contribution in [0.25, 0.3) is 0 Å². The Kier molecular flexibility index (Phi) is 5.14. The highest BCUT2D eigenvalue weighted by Crippen LogP contribution is 2.35. The fourth-order valence-corrected chi connectivity index (χ4v) is 4.50. The monoisotopic (exact) mass is 355 g/mol. The summed E-state index contributed by atoms with van der Waals surface area (Å²) in [4.78, 5) is 26.9. The molecule has 2 saturated carbocycles. The van der Waals surface area contributed by atoms with Crippen molar-refractivity contribution in [3.63, 3.8) is 0 Å². The van der Waals surface area contributed by atoms with Gasteiger partial charge in [0, 0.05) is 29.9 Å². The molecule has 3 amide bonds. The van der Waals surface area contributed by atoms with Crippen molar-refractivity contribution < 1.29 is 9.59 Å². The molecule has 1 aliphatic heterocycles. The van der Waals surface area contributed by atoms with Crippen molar-refractivity contribution >= 4 is 17.6 Å². The van der Waals surface area contributed by atoms with Crippen molar-refractivity contribution in [1.29, 1.82) is 0 Å². The molecule has 5 heteroatoms. The highest BCUT2D eigenvalue weighted by molar-refractivity contribution is 5.96. The lowest BCUT2D eigenvalue weighted by Crippen LogP contribution is -2.40. The maximum atomic E-state index is 13.0. The van der Waals surface area contributed by atoms with Gasteiger partial charge in [-0.05, 0) is 68.7 Å². The smallest absolute Gasteiger partial charge is 0.319 e. The van der Waals surface area contributed by atoms with Gasteiger partial charge >= 0.3 is 6.03 Å². The summed E-state index contributed by atoms with van der Waals surface area (Å²) in [7, 11) is 0. The van der Waals surface area contributed by atoms with Gasteiger partial charge in [-0.1, -0.05) is 19.3 Å². The van der Waals surface area contributed by atoms with Gasteiger partial charge in [0.2, 0.25) is 0 Å². The predicted molar refractivity (Wildman–Crippen MR) is 102 cm³/mol. The molecule has 3 fully saturated rings. The van der Waals surface area contributed by atoms with Gasteiger partial charge in [0.05, 0.1) is 0 Å². The van der Waals surface area contributed by atoms with Crippen LogP contribution in [-0.4, -0.2) is 35.5 Å². The molecule has 2 aliphatic carbocycles. The van der Waals surface area contributed by atoms with E-state index in [1.54, 1.807) is 0 Å². The molecule has 5 nitrogen and oxygen atoms in total. The minimum absolute atomic E-state index is 0.145. The number of nitrogens with zero attached hydrogens (tertiary/aromatic N) is 1. The number of nitrogens with one attached hydrogen (secondary N) is 2. The number of likely N-dealkylation sites (tertiary alicyclic amines) is 1. The molecule has 4 rings (SSSR count). The summed E-state index contributed by atoms with van der Waals surface area (Å²) in [5.41, 5.74) is 1.45. The van der Waals surface area contributed by atoms with E-state index in [1.165, 1.54) is 32.1 Å². The van der Waals surface area contributed by atoms with Gasteiger partial charge in [0.15, 0.2) is 0 Å². The van der Waals surface area contributed by atoms with E-state index in [2.05, 4.69) is 15.5 Å². The highest BCUT2D eigenvalue weighted by Gasteiger charge is 2.35. The Hall–Kier alpha value is -2.04. The van der Waals surface area contributed by atoms with Gasteiger partial charge < -0.3 is 15.5 Å². The molecule has 0 aromatic heterocycles. The van der Waals surface area contributed by atoms with Crippen LogP contribution in [0.2, 0.25) is 0 Å². The van der Waals surface area contributed by atoms with Gasteiger partial charge in [-0.15, -0.1) is 0 Å². The third-order valence-corrected chi connectivity index (χ3v) is 6.06. The molecular weight excluding hydrogens is 326 g/mol. The minimum atomic E-state index is -0.163. The van der Waals surface area contributed by atoms with Gasteiger partial charge in [-0.2, -0.15) is 0 Å². The first-order valence-electron chi connectivity index (χ1n) is 10.2. The van der Waals surface area contributed by atoms with Crippen molar-refractivity contribution in [2.75, 3.05) is 11.9 Å². The van der Waals surface area contributed by atoms with E-state index in [1.807, 2.05) is 24.3 Å². The Morgan fingerprint density at radius 1 is 0.885 bits per heavy atom. The van der Waals surface area contributed by atoms with Gasteiger partial charge in [0.1, 0.15) is 0 Å². The summed E-state index contributed by atoms with van der Waals surface area (Å²) in [5.74, 6) is 0.828. The number of hydrogen-bond acceptors (Lipinski definition) is 2. The van der Waals surface area contributed by atoms with Crippen LogP contribution in [0.1, 0.15) is 68.1 Å². The number of hydrogen-bond donors (Lipinski definition) is 2. The normalized spacial score (nSPS) is 23.7. The molecule has 1 saturated heterocycles. The summed E-state index contributed by atoms with van der Waals surface area (Å²) in [6.45, 7) is 0.879. The molecular formula is C21H29N3O2. The zero-order chi connectivity index (χ0) is 17.9. The summed E-state index contributed by atoms with van der Waals surface area (Å²) in [6.07, 6.45) is 10.9. The van der Waals surface area contributed by atoms with Crippen LogP contribution in [0.15, 0.2) is 24.3 Å². The Balaban J connectivity index is 1.38. The molecule has 1 aromatic rings. The second-order valence-electron chi connectivity index (χ2n) is 8.06. The van der Waals surface area contributed by atoms with Gasteiger partial charge in [0.25, 0.3) is 5.91 Å². The molecule has 1 atom stereocenters. The number of amides is 3. The van der Waals surface area contributed by atoms with E-state index >= 15 is 0 Å². The lowest BCUT2D eigenvalue weighted by Gasteiger charge is -2.34. The average molecular weight is 355 g/mol. The fraction of sp³-hybridized carbons (Fsp3) is 0.619. The molecule has 0 bridgehead atoms. The Labute approximate surface area is 155 Å². The highest BCUT2D eigenvalue weighted by atomic mass is 16.2. The van der Waals surface area contributed by atoms with Gasteiger partial charge in [-0.25, -0.2) is 4.79 Å². The van der Waals surface area contributed by atoms with Crippen molar-refractivity contribution in [3.05, 3.63) is 29.8 Å². The van der Waals surface area contributed by atoms with Gasteiger partial charge in [-0.3, -0.25) is 4.79 Å². The molecule has 0 radical (unpaired) electrons. The molecule has 140 valence electrons. The topological polar surface area (TPSA) is 61.4 Å². The fourth-order valence-electron chi connectivity index (χ4n) is 4.50.